The molecule has 3 rings (SSSR count). The molecule has 2 heterocycles. The van der Waals surface area contributed by atoms with Crippen LogP contribution in [0.1, 0.15) is 12.1 Å². The topological polar surface area (TPSA) is 49.9 Å². The average Bonchev–Trinajstić information content (AvgIpc) is 2.90. The van der Waals surface area contributed by atoms with Gasteiger partial charge in [0.25, 0.3) is 0 Å². The molecule has 1 aliphatic heterocycles. The molecule has 0 radical (unpaired) electrons. The Hall–Kier alpha value is -1.55. The lowest BCUT2D eigenvalue weighted by Crippen LogP contribution is -2.19. The van der Waals surface area contributed by atoms with Gasteiger partial charge in [0.05, 0.1) is 10.9 Å². The lowest BCUT2D eigenvalue weighted by atomic mass is 10.2. The van der Waals surface area contributed by atoms with E-state index in [0.717, 1.165) is 41.9 Å². The van der Waals surface area contributed by atoms with Crippen LogP contribution in [0.3, 0.4) is 0 Å². The molecule has 1 fully saturated rings. The first-order valence-corrected chi connectivity index (χ1v) is 5.65. The molecule has 2 aromatic rings. The molecule has 1 aliphatic rings. The Balaban J connectivity index is 1.98. The van der Waals surface area contributed by atoms with Gasteiger partial charge in [-0.1, -0.05) is 6.07 Å². The summed E-state index contributed by atoms with van der Waals surface area (Å²) in [5, 5.41) is 11.6. The maximum atomic E-state index is 6.01. The molecule has 0 bridgehead atoms. The fraction of sp³-hybridized carbons (Fsp3) is 0.417. The van der Waals surface area contributed by atoms with Gasteiger partial charge in [-0.15, -0.1) is 0 Å². The molecule has 1 aromatic carbocycles. The van der Waals surface area contributed by atoms with Crippen molar-refractivity contribution in [3.8, 4) is 5.75 Å². The molecular weight excluding hydrogens is 202 g/mol. The second-order valence-corrected chi connectivity index (χ2v) is 4.23. The van der Waals surface area contributed by atoms with Crippen molar-refractivity contribution in [1.82, 2.24) is 15.5 Å². The number of fused-ring (bicyclic) bond motifs is 1. The van der Waals surface area contributed by atoms with E-state index in [2.05, 4.69) is 15.5 Å². The molecule has 1 atom stereocenters. The summed E-state index contributed by atoms with van der Waals surface area (Å²) in [6, 6.07) is 6.00. The summed E-state index contributed by atoms with van der Waals surface area (Å²) in [5.41, 5.74) is 2.04. The Labute approximate surface area is 94.0 Å². The highest BCUT2D eigenvalue weighted by atomic mass is 16.5. The summed E-state index contributed by atoms with van der Waals surface area (Å²) in [7, 11) is 0. The van der Waals surface area contributed by atoms with Crippen molar-refractivity contribution in [1.29, 1.82) is 0 Å². The molecule has 0 spiro atoms. The number of hydrogen-bond donors (Lipinski definition) is 2. The van der Waals surface area contributed by atoms with Gasteiger partial charge in [-0.25, -0.2) is 0 Å². The van der Waals surface area contributed by atoms with Crippen LogP contribution in [0.25, 0.3) is 10.9 Å². The second-order valence-electron chi connectivity index (χ2n) is 4.23. The number of nitrogens with one attached hydrogen (secondary N) is 2. The van der Waals surface area contributed by atoms with Gasteiger partial charge in [0.15, 0.2) is 0 Å². The van der Waals surface area contributed by atoms with Crippen molar-refractivity contribution in [3.63, 3.8) is 0 Å². The van der Waals surface area contributed by atoms with Gasteiger partial charge in [0.2, 0.25) is 0 Å². The van der Waals surface area contributed by atoms with Crippen LogP contribution in [0.2, 0.25) is 0 Å². The van der Waals surface area contributed by atoms with Crippen molar-refractivity contribution < 1.29 is 4.74 Å². The van der Waals surface area contributed by atoms with Gasteiger partial charge in [0, 0.05) is 12.2 Å². The standard InChI is InChI=1S/C12H15N3O/c1-8-12-10(15-14-8)3-2-4-11(12)16-9-5-6-13-7-9/h2-4,9,13H,5-7H2,1H3,(H,14,15). The molecule has 1 aromatic heterocycles. The molecule has 2 N–H and O–H groups in total. The lowest BCUT2D eigenvalue weighted by Gasteiger charge is -2.13. The zero-order valence-corrected chi connectivity index (χ0v) is 9.29. The smallest absolute Gasteiger partial charge is 0.131 e. The van der Waals surface area contributed by atoms with Crippen LogP contribution >= 0.6 is 0 Å². The largest absolute Gasteiger partial charge is 0.488 e. The molecule has 0 saturated carbocycles. The highest BCUT2D eigenvalue weighted by Gasteiger charge is 2.17. The van der Waals surface area contributed by atoms with E-state index in [9.17, 15) is 0 Å². The molecule has 1 saturated heterocycles. The van der Waals surface area contributed by atoms with Crippen LogP contribution < -0.4 is 10.1 Å². The number of aromatic nitrogens is 2. The third-order valence-corrected chi connectivity index (χ3v) is 3.03. The first kappa shape index (κ1) is 9.66. The summed E-state index contributed by atoms with van der Waals surface area (Å²) in [6.45, 7) is 4.01. The van der Waals surface area contributed by atoms with E-state index in [4.69, 9.17) is 4.74 Å². The Morgan fingerprint density at radius 3 is 3.19 bits per heavy atom. The van der Waals surface area contributed by atoms with Gasteiger partial charge in [-0.3, -0.25) is 5.10 Å². The fourth-order valence-corrected chi connectivity index (χ4v) is 2.20. The van der Waals surface area contributed by atoms with Crippen LogP contribution in [0.5, 0.6) is 5.75 Å². The van der Waals surface area contributed by atoms with E-state index < -0.39 is 0 Å². The van der Waals surface area contributed by atoms with E-state index in [1.165, 1.54) is 0 Å². The maximum absolute atomic E-state index is 6.01. The minimum atomic E-state index is 0.292. The Morgan fingerprint density at radius 2 is 2.38 bits per heavy atom. The summed E-state index contributed by atoms with van der Waals surface area (Å²) in [5.74, 6) is 0.942. The molecule has 4 heteroatoms. The van der Waals surface area contributed by atoms with E-state index in [1.807, 2.05) is 25.1 Å². The van der Waals surface area contributed by atoms with E-state index in [1.54, 1.807) is 0 Å². The monoisotopic (exact) mass is 217 g/mol. The van der Waals surface area contributed by atoms with E-state index >= 15 is 0 Å². The van der Waals surface area contributed by atoms with Gasteiger partial charge in [-0.2, -0.15) is 5.10 Å². The number of H-pyrrole nitrogens is 1. The van der Waals surface area contributed by atoms with Crippen LogP contribution in [0, 0.1) is 6.92 Å². The first-order chi connectivity index (χ1) is 7.84. The molecule has 1 unspecified atom stereocenters. The Bertz CT molecular complexity index is 500. The summed E-state index contributed by atoms with van der Waals surface area (Å²) in [6.07, 6.45) is 1.37. The van der Waals surface area contributed by atoms with Gasteiger partial charge in [-0.05, 0) is 32.0 Å². The third kappa shape index (κ3) is 1.55. The third-order valence-electron chi connectivity index (χ3n) is 3.03. The van der Waals surface area contributed by atoms with Crippen LogP contribution in [-0.2, 0) is 0 Å². The first-order valence-electron chi connectivity index (χ1n) is 5.65. The summed E-state index contributed by atoms with van der Waals surface area (Å²) >= 11 is 0. The predicted molar refractivity (Wildman–Crippen MR) is 62.7 cm³/mol. The normalized spacial score (nSPS) is 20.4. The second kappa shape index (κ2) is 3.79. The fourth-order valence-electron chi connectivity index (χ4n) is 2.20. The number of aromatic amines is 1. The van der Waals surface area contributed by atoms with Crippen LogP contribution in [0.4, 0.5) is 0 Å². The van der Waals surface area contributed by atoms with E-state index in [0.29, 0.717) is 6.10 Å². The molecule has 4 nitrogen and oxygen atoms in total. The molecule has 16 heavy (non-hydrogen) atoms. The number of nitrogens with zero attached hydrogens (tertiary/aromatic N) is 1. The lowest BCUT2D eigenvalue weighted by molar-refractivity contribution is 0.226. The predicted octanol–water partition coefficient (Wildman–Crippen LogP) is 1.61. The Morgan fingerprint density at radius 1 is 1.44 bits per heavy atom. The minimum Gasteiger partial charge on any atom is -0.488 e. The maximum Gasteiger partial charge on any atom is 0.131 e. The number of benzene rings is 1. The zero-order valence-electron chi connectivity index (χ0n) is 9.29. The van der Waals surface area contributed by atoms with Gasteiger partial charge < -0.3 is 10.1 Å². The van der Waals surface area contributed by atoms with Crippen molar-refractivity contribution >= 4 is 10.9 Å². The van der Waals surface area contributed by atoms with Gasteiger partial charge >= 0.3 is 0 Å². The molecule has 0 amide bonds. The summed E-state index contributed by atoms with van der Waals surface area (Å²) in [4.78, 5) is 0. The quantitative estimate of drug-likeness (QED) is 0.803. The molecule has 0 aliphatic carbocycles. The van der Waals surface area contributed by atoms with Gasteiger partial charge in [0.1, 0.15) is 11.9 Å². The van der Waals surface area contributed by atoms with Crippen molar-refractivity contribution in [3.05, 3.63) is 23.9 Å². The SMILES string of the molecule is Cc1[nH]nc2cccc(OC3CCNC3)c12. The molecule has 84 valence electrons. The molecular formula is C12H15N3O. The minimum absolute atomic E-state index is 0.292. The number of aryl methyl sites for hydroxylation is 1. The van der Waals surface area contributed by atoms with Crippen molar-refractivity contribution in [2.75, 3.05) is 13.1 Å². The Kier molecular flexibility index (Phi) is 2.29. The highest BCUT2D eigenvalue weighted by Crippen LogP contribution is 2.28. The number of hydrogen-bond acceptors (Lipinski definition) is 3. The number of ether oxygens (including phenoxy) is 1. The van der Waals surface area contributed by atoms with Crippen molar-refractivity contribution in [2.24, 2.45) is 0 Å². The number of rotatable bonds is 2. The summed E-state index contributed by atoms with van der Waals surface area (Å²) < 4.78 is 6.01. The van der Waals surface area contributed by atoms with Crippen molar-refractivity contribution in [2.45, 2.75) is 19.4 Å². The van der Waals surface area contributed by atoms with Crippen LogP contribution in [0.15, 0.2) is 18.2 Å². The average molecular weight is 217 g/mol. The van der Waals surface area contributed by atoms with E-state index in [-0.39, 0.29) is 0 Å². The zero-order chi connectivity index (χ0) is 11.0. The highest BCUT2D eigenvalue weighted by molar-refractivity contribution is 5.87. The van der Waals surface area contributed by atoms with Crippen LogP contribution in [-0.4, -0.2) is 29.4 Å².